The van der Waals surface area contributed by atoms with Crippen LogP contribution in [0.2, 0.25) is 0 Å². The molecule has 3 rings (SSSR count). The summed E-state index contributed by atoms with van der Waals surface area (Å²) in [6.45, 7) is 0. The quantitative estimate of drug-likeness (QED) is 0.565. The number of nitrogens with one attached hydrogen (secondary N) is 3. The van der Waals surface area contributed by atoms with Crippen LogP contribution in [0.1, 0.15) is 11.1 Å². The summed E-state index contributed by atoms with van der Waals surface area (Å²) in [5, 5.41) is 2.73. The molecule has 1 aliphatic heterocycles. The molecule has 12 heteroatoms. The van der Waals surface area contributed by atoms with Crippen LogP contribution >= 0.6 is 0 Å². The Morgan fingerprint density at radius 3 is 2.37 bits per heavy atom. The molecule has 1 aliphatic rings. The van der Waals surface area contributed by atoms with Gasteiger partial charge < -0.3 is 5.32 Å². The molecule has 0 aromatic heterocycles. The standard InChI is InChI=1S/C15H14F3N3O4S2/c16-15(17,18)10-7-12-13(8-11(10)20-26(22)23)27(24,25)21-14(19-12)6-9-4-2-1-3-5-9/h1-5,7-8,14,19,21,26H,6H2,(H,20,22,23). The van der Waals surface area contributed by atoms with Crippen molar-refractivity contribution < 1.29 is 30.0 Å². The van der Waals surface area contributed by atoms with Gasteiger partial charge in [-0.05, 0) is 17.7 Å². The number of hydrogen-bond donors (Lipinski definition) is 4. The minimum absolute atomic E-state index is 0.202. The van der Waals surface area contributed by atoms with Gasteiger partial charge >= 0.3 is 6.18 Å². The highest BCUT2D eigenvalue weighted by molar-refractivity contribution is 7.89. The Morgan fingerprint density at radius 1 is 1.11 bits per heavy atom. The van der Waals surface area contributed by atoms with E-state index >= 15 is 0 Å². The maximum absolute atomic E-state index is 13.3. The van der Waals surface area contributed by atoms with Gasteiger partial charge in [0.15, 0.2) is 0 Å². The van der Waals surface area contributed by atoms with Gasteiger partial charge in [-0.15, -0.1) is 0 Å². The molecule has 0 amide bonds. The van der Waals surface area contributed by atoms with Crippen LogP contribution in [-0.2, 0) is 33.5 Å². The molecule has 27 heavy (non-hydrogen) atoms. The summed E-state index contributed by atoms with van der Waals surface area (Å²) >= 11 is 0. The van der Waals surface area contributed by atoms with Gasteiger partial charge in [0.05, 0.1) is 23.1 Å². The van der Waals surface area contributed by atoms with E-state index in [0.717, 1.165) is 5.56 Å². The topological polar surface area (TPSA) is 104 Å². The number of fused-ring (bicyclic) bond motifs is 1. The second-order valence-electron chi connectivity index (χ2n) is 5.77. The summed E-state index contributed by atoms with van der Waals surface area (Å²) < 4.78 is 90.3. The van der Waals surface area contributed by atoms with Crippen LogP contribution in [0, 0.1) is 0 Å². The summed E-state index contributed by atoms with van der Waals surface area (Å²) in [6, 6.07) is 10.0. The lowest BCUT2D eigenvalue weighted by atomic mass is 10.1. The molecule has 2 aromatic rings. The lowest BCUT2D eigenvalue weighted by Gasteiger charge is -2.29. The first-order valence-corrected chi connectivity index (χ1v) is 10.2. The van der Waals surface area contributed by atoms with Crippen LogP contribution in [0.4, 0.5) is 24.5 Å². The number of benzene rings is 2. The van der Waals surface area contributed by atoms with Crippen LogP contribution in [0.25, 0.3) is 0 Å². The summed E-state index contributed by atoms with van der Waals surface area (Å²) in [4.78, 5) is -0.473. The first-order chi connectivity index (χ1) is 12.6. The summed E-state index contributed by atoms with van der Waals surface area (Å²) in [6.07, 6.45) is -5.54. The molecule has 0 bridgehead atoms. The van der Waals surface area contributed by atoms with E-state index in [9.17, 15) is 30.0 Å². The molecule has 0 saturated heterocycles. The molecule has 1 atom stereocenters. The molecule has 7 nitrogen and oxygen atoms in total. The number of halogens is 3. The Kier molecular flexibility index (Phi) is 5.06. The monoisotopic (exact) mass is 421 g/mol. The molecule has 0 radical (unpaired) electrons. The molecule has 0 saturated carbocycles. The molecule has 0 aliphatic carbocycles. The number of anilines is 2. The summed E-state index contributed by atoms with van der Waals surface area (Å²) in [7, 11) is -7.56. The highest BCUT2D eigenvalue weighted by Crippen LogP contribution is 2.40. The number of sulfonamides is 1. The van der Waals surface area contributed by atoms with Crippen LogP contribution in [-0.4, -0.2) is 23.0 Å². The Hall–Kier alpha value is -2.31. The third-order valence-corrected chi connectivity index (χ3v) is 5.77. The van der Waals surface area contributed by atoms with E-state index in [-0.39, 0.29) is 12.1 Å². The van der Waals surface area contributed by atoms with Gasteiger partial charge in [-0.2, -0.15) is 17.9 Å². The lowest BCUT2D eigenvalue weighted by Crippen LogP contribution is -2.46. The van der Waals surface area contributed by atoms with Crippen LogP contribution in [0.5, 0.6) is 0 Å². The molecule has 0 fully saturated rings. The van der Waals surface area contributed by atoms with Gasteiger partial charge in [0.2, 0.25) is 20.9 Å². The third-order valence-electron chi connectivity index (χ3n) is 3.84. The van der Waals surface area contributed by atoms with Crippen molar-refractivity contribution in [2.24, 2.45) is 0 Å². The Bertz CT molecular complexity index is 1030. The predicted molar refractivity (Wildman–Crippen MR) is 93.3 cm³/mol. The van der Waals surface area contributed by atoms with Crippen molar-refractivity contribution in [2.45, 2.75) is 23.7 Å². The Morgan fingerprint density at radius 2 is 1.78 bits per heavy atom. The van der Waals surface area contributed by atoms with Gasteiger partial charge in [0.25, 0.3) is 0 Å². The zero-order valence-corrected chi connectivity index (χ0v) is 15.2. The highest BCUT2D eigenvalue weighted by atomic mass is 32.2. The maximum Gasteiger partial charge on any atom is 0.418 e. The number of hydrogen-bond acceptors (Lipinski definition) is 5. The summed E-state index contributed by atoms with van der Waals surface area (Å²) in [5.74, 6) is 0. The Labute approximate surface area is 154 Å². The number of thiol groups is 1. The molecular formula is C15H14F3N3O4S2. The van der Waals surface area contributed by atoms with Crippen molar-refractivity contribution in [1.29, 1.82) is 0 Å². The smallest absolute Gasteiger partial charge is 0.368 e. The fraction of sp³-hybridized carbons (Fsp3) is 0.200. The maximum atomic E-state index is 13.3. The Balaban J connectivity index is 2.05. The van der Waals surface area contributed by atoms with Gasteiger partial charge in [-0.25, -0.2) is 16.8 Å². The normalized spacial score (nSPS) is 18.6. The minimum Gasteiger partial charge on any atom is -0.368 e. The van der Waals surface area contributed by atoms with Crippen molar-refractivity contribution in [1.82, 2.24) is 4.72 Å². The van der Waals surface area contributed by atoms with Gasteiger partial charge in [-0.1, -0.05) is 30.3 Å². The van der Waals surface area contributed by atoms with E-state index in [4.69, 9.17) is 0 Å². The number of alkyl halides is 3. The molecule has 3 N–H and O–H groups in total. The van der Waals surface area contributed by atoms with E-state index in [0.29, 0.717) is 12.1 Å². The zero-order valence-electron chi connectivity index (χ0n) is 13.4. The van der Waals surface area contributed by atoms with Crippen molar-refractivity contribution >= 4 is 32.3 Å². The van der Waals surface area contributed by atoms with Crippen molar-refractivity contribution in [3.63, 3.8) is 0 Å². The zero-order chi connectivity index (χ0) is 19.8. The van der Waals surface area contributed by atoms with E-state index in [2.05, 4.69) is 10.0 Å². The largest absolute Gasteiger partial charge is 0.418 e. The molecule has 146 valence electrons. The van der Waals surface area contributed by atoms with Crippen molar-refractivity contribution in [3.05, 3.63) is 53.6 Å². The molecule has 1 heterocycles. The second kappa shape index (κ2) is 7.02. The fourth-order valence-corrected chi connectivity index (χ4v) is 4.46. The molecular weight excluding hydrogens is 407 g/mol. The molecule has 2 aromatic carbocycles. The van der Waals surface area contributed by atoms with Crippen molar-refractivity contribution in [3.8, 4) is 0 Å². The SMILES string of the molecule is O=[SH](=O)Nc1cc2c(cc1C(F)(F)F)NC(Cc1ccccc1)NS2(=O)=O. The van der Waals surface area contributed by atoms with Gasteiger partial charge in [0, 0.05) is 6.42 Å². The molecule has 1 unspecified atom stereocenters. The first-order valence-electron chi connectivity index (χ1n) is 7.55. The average molecular weight is 421 g/mol. The minimum atomic E-state index is -4.88. The predicted octanol–water partition coefficient (Wildman–Crippen LogP) is 1.92. The molecule has 0 spiro atoms. The second-order valence-corrected chi connectivity index (χ2v) is 8.19. The van der Waals surface area contributed by atoms with Crippen molar-refractivity contribution in [2.75, 3.05) is 10.0 Å². The van der Waals surface area contributed by atoms with Crippen LogP contribution < -0.4 is 14.8 Å². The third kappa shape index (κ3) is 4.34. The summed E-state index contributed by atoms with van der Waals surface area (Å²) in [5.41, 5.74) is -1.62. The van der Waals surface area contributed by atoms with Crippen LogP contribution in [0.15, 0.2) is 47.4 Å². The average Bonchev–Trinajstić information content (AvgIpc) is 2.54. The van der Waals surface area contributed by atoms with Crippen LogP contribution in [0.3, 0.4) is 0 Å². The number of rotatable bonds is 4. The van der Waals surface area contributed by atoms with E-state index < -0.39 is 49.4 Å². The van der Waals surface area contributed by atoms with Gasteiger partial charge in [0.1, 0.15) is 4.90 Å². The first kappa shape index (κ1) is 19.5. The lowest BCUT2D eigenvalue weighted by molar-refractivity contribution is -0.136. The highest BCUT2D eigenvalue weighted by Gasteiger charge is 2.38. The van der Waals surface area contributed by atoms with E-state index in [1.807, 2.05) is 0 Å². The van der Waals surface area contributed by atoms with E-state index in [1.165, 1.54) is 0 Å². The fourth-order valence-electron chi connectivity index (χ4n) is 2.75. The van der Waals surface area contributed by atoms with E-state index in [1.54, 1.807) is 35.1 Å². The van der Waals surface area contributed by atoms with Gasteiger partial charge in [-0.3, -0.25) is 4.72 Å².